The molecule has 0 aliphatic carbocycles. The number of halogens is 4. The van der Waals surface area contributed by atoms with Crippen molar-refractivity contribution in [3.05, 3.63) is 64.5 Å². The number of anilines is 4. The van der Waals surface area contributed by atoms with E-state index in [2.05, 4.69) is 25.6 Å². The number of aromatic nitrogens is 3. The molecule has 0 fully saturated rings. The van der Waals surface area contributed by atoms with E-state index in [1.54, 1.807) is 0 Å². The Balaban J connectivity index is 1.61. The van der Waals surface area contributed by atoms with E-state index in [0.29, 0.717) is 16.8 Å². The summed E-state index contributed by atoms with van der Waals surface area (Å²) in [6.45, 7) is 0. The Morgan fingerprint density at radius 2 is 1.84 bits per heavy atom. The van der Waals surface area contributed by atoms with Crippen molar-refractivity contribution in [2.45, 2.75) is 6.18 Å². The summed E-state index contributed by atoms with van der Waals surface area (Å²) >= 11 is 0. The van der Waals surface area contributed by atoms with Crippen molar-refractivity contribution in [3.63, 3.8) is 0 Å². The molecule has 2 aromatic heterocycles. The maximum Gasteiger partial charge on any atom is 0.420 e. The first-order valence-electron chi connectivity index (χ1n) is 8.67. The van der Waals surface area contributed by atoms with Crippen molar-refractivity contribution >= 4 is 34.2 Å². The van der Waals surface area contributed by atoms with E-state index < -0.39 is 23.3 Å². The van der Waals surface area contributed by atoms with Crippen LogP contribution in [0.25, 0.3) is 11.1 Å². The van der Waals surface area contributed by atoms with Gasteiger partial charge in [0.1, 0.15) is 5.75 Å². The minimum Gasteiger partial charge on any atom is -0.496 e. The maximum atomic E-state index is 14.2. The first-order valence-corrected chi connectivity index (χ1v) is 8.67. The molecule has 0 aliphatic rings. The molecule has 0 saturated carbocycles. The molecule has 0 bridgehead atoms. The third-order valence-corrected chi connectivity index (χ3v) is 4.19. The molecule has 4 rings (SSSR count). The summed E-state index contributed by atoms with van der Waals surface area (Å²) in [5.41, 5.74) is 0.143. The predicted octanol–water partition coefficient (Wildman–Crippen LogP) is 4.56. The van der Waals surface area contributed by atoms with Crippen molar-refractivity contribution in [1.29, 1.82) is 0 Å². The van der Waals surface area contributed by atoms with Gasteiger partial charge in [-0.2, -0.15) is 18.2 Å². The number of nitrogens with one attached hydrogen (secondary N) is 3. The number of methoxy groups -OCH3 is 1. The van der Waals surface area contributed by atoms with E-state index in [1.165, 1.54) is 24.3 Å². The van der Waals surface area contributed by atoms with Gasteiger partial charge in [0.05, 0.1) is 24.4 Å². The molecular weight excluding hydrogens is 422 g/mol. The van der Waals surface area contributed by atoms with Gasteiger partial charge in [-0.05, 0) is 36.4 Å². The average molecular weight is 435 g/mol. The van der Waals surface area contributed by atoms with Crippen molar-refractivity contribution in [2.24, 2.45) is 0 Å². The van der Waals surface area contributed by atoms with E-state index in [0.717, 1.165) is 25.4 Å². The van der Waals surface area contributed by atoms with Crippen LogP contribution in [0.2, 0.25) is 0 Å². The number of hydrogen-bond acceptors (Lipinski definition) is 7. The molecule has 0 radical (unpaired) electrons. The van der Waals surface area contributed by atoms with Crippen LogP contribution in [0.3, 0.4) is 0 Å². The number of alkyl halides is 3. The lowest BCUT2D eigenvalue weighted by Gasteiger charge is -2.14. The van der Waals surface area contributed by atoms with Crippen LogP contribution in [0, 0.1) is 5.82 Å². The summed E-state index contributed by atoms with van der Waals surface area (Å²) in [5.74, 6) is -2.14. The van der Waals surface area contributed by atoms with Gasteiger partial charge in [-0.1, -0.05) is 0 Å². The molecule has 2 aromatic carbocycles. The predicted molar refractivity (Wildman–Crippen MR) is 103 cm³/mol. The second-order valence-electron chi connectivity index (χ2n) is 6.28. The highest BCUT2D eigenvalue weighted by molar-refractivity contribution is 5.78. The SMILES string of the molecule is COc1ccc(Nc2ncc(F)c(Nc3ccc4oc(=O)[nH]c4c3)n2)cc1C(F)(F)F. The standard InChI is InChI=1S/C19H13F4N5O3/c1-30-14-4-2-9(6-11(14)19(21,22)23)26-17-24-8-12(20)16(28-17)25-10-3-5-15-13(7-10)27-18(29)31-15/h2-8H,1H3,(H,27,29)(H2,24,25,26,28). The molecule has 160 valence electrons. The fraction of sp³-hybridized carbons (Fsp3) is 0.105. The Bertz CT molecular complexity index is 1320. The van der Waals surface area contributed by atoms with Crippen LogP contribution in [0.4, 0.5) is 40.7 Å². The largest absolute Gasteiger partial charge is 0.496 e. The lowest BCUT2D eigenvalue weighted by molar-refractivity contribution is -0.138. The third kappa shape index (κ3) is 4.27. The molecule has 0 unspecified atom stereocenters. The van der Waals surface area contributed by atoms with Gasteiger partial charge in [0.2, 0.25) is 5.95 Å². The quantitative estimate of drug-likeness (QED) is 0.395. The number of fused-ring (bicyclic) bond motifs is 1. The monoisotopic (exact) mass is 435 g/mol. The normalized spacial score (nSPS) is 11.5. The van der Waals surface area contributed by atoms with Gasteiger partial charge in [-0.25, -0.2) is 14.2 Å². The second kappa shape index (κ2) is 7.63. The average Bonchev–Trinajstić information content (AvgIpc) is 3.09. The molecule has 2 heterocycles. The zero-order valence-corrected chi connectivity index (χ0v) is 15.7. The molecule has 31 heavy (non-hydrogen) atoms. The van der Waals surface area contributed by atoms with E-state index in [4.69, 9.17) is 9.15 Å². The first kappa shape index (κ1) is 20.2. The number of ether oxygens (including phenoxy) is 1. The Morgan fingerprint density at radius 3 is 2.58 bits per heavy atom. The molecule has 4 aromatic rings. The molecule has 12 heteroatoms. The van der Waals surface area contributed by atoms with Gasteiger partial charge in [0.15, 0.2) is 17.2 Å². The Labute approximate surface area is 170 Å². The summed E-state index contributed by atoms with van der Waals surface area (Å²) in [6.07, 6.45) is -3.77. The van der Waals surface area contributed by atoms with Crippen molar-refractivity contribution < 1.29 is 26.7 Å². The first-order chi connectivity index (χ1) is 14.7. The fourth-order valence-electron chi connectivity index (χ4n) is 2.82. The van der Waals surface area contributed by atoms with Gasteiger partial charge in [0, 0.05) is 11.4 Å². The van der Waals surface area contributed by atoms with Gasteiger partial charge in [-0.3, -0.25) is 4.98 Å². The summed E-state index contributed by atoms with van der Waals surface area (Å²) < 4.78 is 63.4. The molecule has 3 N–H and O–H groups in total. The molecule has 0 amide bonds. The maximum absolute atomic E-state index is 14.2. The van der Waals surface area contributed by atoms with Crippen molar-refractivity contribution in [3.8, 4) is 5.75 Å². The zero-order valence-electron chi connectivity index (χ0n) is 15.7. The van der Waals surface area contributed by atoms with Crippen LogP contribution in [0.5, 0.6) is 5.75 Å². The van der Waals surface area contributed by atoms with Crippen LogP contribution in [-0.4, -0.2) is 22.1 Å². The lowest BCUT2D eigenvalue weighted by Crippen LogP contribution is -2.09. The van der Waals surface area contributed by atoms with Crippen molar-refractivity contribution in [1.82, 2.24) is 15.0 Å². The fourth-order valence-corrected chi connectivity index (χ4v) is 2.82. The van der Waals surface area contributed by atoms with Gasteiger partial charge >= 0.3 is 11.9 Å². The highest BCUT2D eigenvalue weighted by Gasteiger charge is 2.34. The number of benzene rings is 2. The molecule has 0 atom stereocenters. The van der Waals surface area contributed by atoms with E-state index in [9.17, 15) is 22.4 Å². The van der Waals surface area contributed by atoms with E-state index in [-0.39, 0.29) is 23.2 Å². The van der Waals surface area contributed by atoms with Crippen LogP contribution in [-0.2, 0) is 6.18 Å². The summed E-state index contributed by atoms with van der Waals surface area (Å²) in [4.78, 5) is 21.4. The van der Waals surface area contributed by atoms with Gasteiger partial charge < -0.3 is 19.8 Å². The van der Waals surface area contributed by atoms with Crippen LogP contribution in [0.15, 0.2) is 51.8 Å². The van der Waals surface area contributed by atoms with Crippen molar-refractivity contribution in [2.75, 3.05) is 17.7 Å². The summed E-state index contributed by atoms with van der Waals surface area (Å²) in [5, 5.41) is 5.33. The molecule has 0 saturated heterocycles. The van der Waals surface area contributed by atoms with E-state index >= 15 is 0 Å². The number of nitrogens with zero attached hydrogens (tertiary/aromatic N) is 2. The Morgan fingerprint density at radius 1 is 1.10 bits per heavy atom. The number of oxazole rings is 1. The highest BCUT2D eigenvalue weighted by Crippen LogP contribution is 2.38. The summed E-state index contributed by atoms with van der Waals surface area (Å²) in [7, 11) is 1.13. The topological polar surface area (TPSA) is 105 Å². The second-order valence-corrected chi connectivity index (χ2v) is 6.28. The number of H-pyrrole nitrogens is 1. The van der Waals surface area contributed by atoms with Crippen LogP contribution in [0.1, 0.15) is 5.56 Å². The Kier molecular flexibility index (Phi) is 4.97. The number of rotatable bonds is 5. The molecule has 8 nitrogen and oxygen atoms in total. The van der Waals surface area contributed by atoms with Gasteiger partial charge in [-0.15, -0.1) is 0 Å². The minimum absolute atomic E-state index is 0.0306. The molecule has 0 spiro atoms. The minimum atomic E-state index is -4.63. The third-order valence-electron chi connectivity index (χ3n) is 4.19. The Hall–Kier alpha value is -4.09. The van der Waals surface area contributed by atoms with Crippen LogP contribution < -0.4 is 21.1 Å². The summed E-state index contributed by atoms with van der Waals surface area (Å²) in [6, 6.07) is 7.87. The molecular formula is C19H13F4N5O3. The smallest absolute Gasteiger partial charge is 0.420 e. The van der Waals surface area contributed by atoms with E-state index in [1.807, 2.05) is 0 Å². The molecule has 0 aliphatic heterocycles. The van der Waals surface area contributed by atoms with Crippen LogP contribution >= 0.6 is 0 Å². The zero-order chi connectivity index (χ0) is 22.2. The van der Waals surface area contributed by atoms with Gasteiger partial charge in [0.25, 0.3) is 0 Å². The number of aromatic amines is 1. The lowest BCUT2D eigenvalue weighted by atomic mass is 10.1. The number of hydrogen-bond donors (Lipinski definition) is 3. The highest BCUT2D eigenvalue weighted by atomic mass is 19.4.